The highest BCUT2D eigenvalue weighted by atomic mass is 16.5. The number of carbonyl (C=O) groups is 1. The van der Waals surface area contributed by atoms with Crippen LogP contribution in [-0.4, -0.2) is 26.8 Å². The van der Waals surface area contributed by atoms with E-state index in [1.54, 1.807) is 7.11 Å². The second-order valence-electron chi connectivity index (χ2n) is 3.66. The van der Waals surface area contributed by atoms with Crippen LogP contribution in [0.25, 0.3) is 0 Å². The molecule has 0 N–H and O–H groups in total. The molecular formula is C9H18O3. The van der Waals surface area contributed by atoms with Gasteiger partial charge in [-0.15, -0.1) is 0 Å². The lowest BCUT2D eigenvalue weighted by atomic mass is 9.86. The van der Waals surface area contributed by atoms with Gasteiger partial charge in [0.1, 0.15) is 0 Å². The molecule has 3 heteroatoms. The molecule has 0 aliphatic carbocycles. The molecule has 0 aromatic heterocycles. The Hall–Kier alpha value is -0.570. The predicted molar refractivity (Wildman–Crippen MR) is 46.9 cm³/mol. The summed E-state index contributed by atoms with van der Waals surface area (Å²) < 4.78 is 9.53. The van der Waals surface area contributed by atoms with Gasteiger partial charge in [0.2, 0.25) is 0 Å². The molecule has 0 aromatic rings. The minimum absolute atomic E-state index is 0.0247. The predicted octanol–water partition coefficient (Wildman–Crippen LogP) is 1.61. The summed E-state index contributed by atoms with van der Waals surface area (Å²) >= 11 is 0. The number of hydrogen-bond acceptors (Lipinski definition) is 3. The van der Waals surface area contributed by atoms with Crippen molar-refractivity contribution in [2.24, 2.45) is 5.41 Å². The zero-order valence-corrected chi connectivity index (χ0v) is 8.35. The van der Waals surface area contributed by atoms with E-state index in [0.717, 1.165) is 6.42 Å². The fourth-order valence-corrected chi connectivity index (χ4v) is 0.930. The summed E-state index contributed by atoms with van der Waals surface area (Å²) in [6, 6.07) is 0. The van der Waals surface area contributed by atoms with Crippen molar-refractivity contribution in [2.75, 3.05) is 20.8 Å². The van der Waals surface area contributed by atoms with E-state index in [1.807, 2.05) is 13.8 Å². The third-order valence-electron chi connectivity index (χ3n) is 1.83. The van der Waals surface area contributed by atoms with Crippen molar-refractivity contribution in [3.63, 3.8) is 0 Å². The van der Waals surface area contributed by atoms with Crippen LogP contribution in [0, 0.1) is 5.41 Å². The Balaban J connectivity index is 3.77. The molecule has 0 atom stereocenters. The van der Waals surface area contributed by atoms with Gasteiger partial charge < -0.3 is 9.47 Å². The van der Waals surface area contributed by atoms with E-state index in [9.17, 15) is 4.79 Å². The van der Waals surface area contributed by atoms with Crippen molar-refractivity contribution < 1.29 is 14.3 Å². The summed E-state index contributed by atoms with van der Waals surface area (Å²) in [5.41, 5.74) is -0.0247. The molecule has 0 unspecified atom stereocenters. The minimum atomic E-state index is -0.156. The van der Waals surface area contributed by atoms with E-state index in [2.05, 4.69) is 4.74 Å². The monoisotopic (exact) mass is 174 g/mol. The maximum absolute atomic E-state index is 10.9. The van der Waals surface area contributed by atoms with E-state index in [-0.39, 0.29) is 11.4 Å². The zero-order chi connectivity index (χ0) is 9.61. The Morgan fingerprint density at radius 3 is 2.33 bits per heavy atom. The molecule has 0 aromatic carbocycles. The van der Waals surface area contributed by atoms with E-state index >= 15 is 0 Å². The van der Waals surface area contributed by atoms with Gasteiger partial charge in [0.25, 0.3) is 0 Å². The summed E-state index contributed by atoms with van der Waals surface area (Å²) in [6.45, 7) is 4.75. The van der Waals surface area contributed by atoms with E-state index < -0.39 is 0 Å². The number of rotatable bonds is 5. The largest absolute Gasteiger partial charge is 0.469 e. The van der Waals surface area contributed by atoms with Crippen LogP contribution in [0.15, 0.2) is 0 Å². The van der Waals surface area contributed by atoms with Crippen LogP contribution in [0.2, 0.25) is 0 Å². The maximum atomic E-state index is 10.9. The summed E-state index contributed by atoms with van der Waals surface area (Å²) in [4.78, 5) is 10.9. The van der Waals surface area contributed by atoms with Gasteiger partial charge in [0.15, 0.2) is 0 Å². The summed E-state index contributed by atoms with van der Waals surface area (Å²) in [5.74, 6) is -0.156. The van der Waals surface area contributed by atoms with E-state index in [1.165, 1.54) is 7.11 Å². The summed E-state index contributed by atoms with van der Waals surface area (Å²) in [7, 11) is 3.07. The third-order valence-corrected chi connectivity index (χ3v) is 1.83. The van der Waals surface area contributed by atoms with Crippen LogP contribution in [0.3, 0.4) is 0 Å². The molecule has 0 spiro atoms. The van der Waals surface area contributed by atoms with E-state index in [0.29, 0.717) is 13.0 Å². The molecule has 0 aliphatic rings. The Kier molecular flexibility index (Phi) is 4.90. The second-order valence-corrected chi connectivity index (χ2v) is 3.66. The molecule has 0 saturated carbocycles. The normalized spacial score (nSPS) is 11.3. The van der Waals surface area contributed by atoms with Crippen molar-refractivity contribution in [1.29, 1.82) is 0 Å². The molecule has 12 heavy (non-hydrogen) atoms. The van der Waals surface area contributed by atoms with Gasteiger partial charge in [0, 0.05) is 13.7 Å². The zero-order valence-electron chi connectivity index (χ0n) is 8.35. The smallest absolute Gasteiger partial charge is 0.306 e. The van der Waals surface area contributed by atoms with Crippen LogP contribution < -0.4 is 0 Å². The Bertz CT molecular complexity index is 141. The van der Waals surface area contributed by atoms with Crippen LogP contribution in [0.4, 0.5) is 0 Å². The van der Waals surface area contributed by atoms with E-state index in [4.69, 9.17) is 4.74 Å². The van der Waals surface area contributed by atoms with Crippen molar-refractivity contribution in [2.45, 2.75) is 26.7 Å². The van der Waals surface area contributed by atoms with Gasteiger partial charge in [-0.1, -0.05) is 13.8 Å². The molecule has 0 rings (SSSR count). The topological polar surface area (TPSA) is 35.5 Å². The van der Waals surface area contributed by atoms with Crippen molar-refractivity contribution in [3.05, 3.63) is 0 Å². The first-order valence-electron chi connectivity index (χ1n) is 4.07. The molecule has 0 heterocycles. The number of esters is 1. The second kappa shape index (κ2) is 5.14. The molecular weight excluding hydrogens is 156 g/mol. The van der Waals surface area contributed by atoms with Gasteiger partial charge in [-0.05, 0) is 11.8 Å². The van der Waals surface area contributed by atoms with Crippen molar-refractivity contribution >= 4 is 5.97 Å². The standard InChI is InChI=1S/C9H18O3/c1-9(2,5-6-11-3)7-8(10)12-4/h5-7H2,1-4H3. The molecule has 72 valence electrons. The number of hydrogen-bond donors (Lipinski definition) is 0. The molecule has 0 saturated heterocycles. The fourth-order valence-electron chi connectivity index (χ4n) is 0.930. The first-order chi connectivity index (χ1) is 5.52. The minimum Gasteiger partial charge on any atom is -0.469 e. The Morgan fingerprint density at radius 1 is 1.33 bits per heavy atom. The molecule has 3 nitrogen and oxygen atoms in total. The SMILES string of the molecule is COCCC(C)(C)CC(=O)OC. The highest BCUT2D eigenvalue weighted by Gasteiger charge is 2.21. The highest BCUT2D eigenvalue weighted by molar-refractivity contribution is 5.69. The molecule has 0 bridgehead atoms. The first-order valence-corrected chi connectivity index (χ1v) is 4.07. The Morgan fingerprint density at radius 2 is 1.92 bits per heavy atom. The number of carbonyl (C=O) groups excluding carboxylic acids is 1. The third kappa shape index (κ3) is 5.13. The summed E-state index contributed by atoms with van der Waals surface area (Å²) in [6.07, 6.45) is 1.32. The first kappa shape index (κ1) is 11.4. The molecule has 0 aliphatic heterocycles. The van der Waals surface area contributed by atoms with Gasteiger partial charge in [-0.2, -0.15) is 0 Å². The maximum Gasteiger partial charge on any atom is 0.306 e. The molecule has 0 fully saturated rings. The van der Waals surface area contributed by atoms with Crippen LogP contribution in [0.1, 0.15) is 26.7 Å². The lowest BCUT2D eigenvalue weighted by molar-refractivity contribution is -0.143. The van der Waals surface area contributed by atoms with Gasteiger partial charge in [-0.25, -0.2) is 0 Å². The Labute approximate surface area is 74.0 Å². The average Bonchev–Trinajstić information content (AvgIpc) is 2.00. The van der Waals surface area contributed by atoms with Crippen LogP contribution >= 0.6 is 0 Å². The quantitative estimate of drug-likeness (QED) is 0.594. The van der Waals surface area contributed by atoms with Crippen molar-refractivity contribution in [3.8, 4) is 0 Å². The molecule has 0 amide bonds. The van der Waals surface area contributed by atoms with Gasteiger partial charge in [-0.3, -0.25) is 4.79 Å². The van der Waals surface area contributed by atoms with Crippen molar-refractivity contribution in [1.82, 2.24) is 0 Å². The van der Waals surface area contributed by atoms with Crippen LogP contribution in [-0.2, 0) is 14.3 Å². The highest BCUT2D eigenvalue weighted by Crippen LogP contribution is 2.25. The lowest BCUT2D eigenvalue weighted by Gasteiger charge is -2.22. The number of ether oxygens (including phenoxy) is 2. The van der Waals surface area contributed by atoms with Gasteiger partial charge in [0.05, 0.1) is 13.5 Å². The van der Waals surface area contributed by atoms with Gasteiger partial charge >= 0.3 is 5.97 Å². The molecule has 0 radical (unpaired) electrons. The fraction of sp³-hybridized carbons (Fsp3) is 0.889. The van der Waals surface area contributed by atoms with Crippen LogP contribution in [0.5, 0.6) is 0 Å². The number of methoxy groups -OCH3 is 2. The lowest BCUT2D eigenvalue weighted by Crippen LogP contribution is -2.19. The summed E-state index contributed by atoms with van der Waals surface area (Å²) in [5, 5.41) is 0. The average molecular weight is 174 g/mol.